The Bertz CT molecular complexity index is 1470. The van der Waals surface area contributed by atoms with Crippen LogP contribution >= 0.6 is 22.9 Å². The van der Waals surface area contributed by atoms with E-state index < -0.39 is 0 Å². The summed E-state index contributed by atoms with van der Waals surface area (Å²) in [6.45, 7) is 2.40. The highest BCUT2D eigenvalue weighted by Crippen LogP contribution is 2.38. The fraction of sp³-hybridized carbons (Fsp3) is 0.290. The fourth-order valence-corrected chi connectivity index (χ4v) is 6.78. The topological polar surface area (TPSA) is 44.1 Å². The molecule has 3 nitrogen and oxygen atoms in total. The molecule has 1 aliphatic carbocycles. The van der Waals surface area contributed by atoms with Crippen LogP contribution in [0.2, 0.25) is 5.02 Å². The van der Waals surface area contributed by atoms with Crippen LogP contribution in [0.25, 0.3) is 21.2 Å². The molecular weight excluding hydrogens is 503 g/mol. The molecule has 37 heavy (non-hydrogen) atoms. The lowest BCUT2D eigenvalue weighted by atomic mass is 9.83. The first-order valence-electron chi connectivity index (χ1n) is 12.8. The van der Waals surface area contributed by atoms with E-state index in [1.165, 1.54) is 17.4 Å². The molecule has 1 fully saturated rings. The molecule has 1 heterocycles. The Morgan fingerprint density at radius 1 is 1.05 bits per heavy atom. The van der Waals surface area contributed by atoms with Gasteiger partial charge in [0.2, 0.25) is 0 Å². The lowest BCUT2D eigenvalue weighted by Crippen LogP contribution is -2.42. The number of fused-ring (bicyclic) bond motifs is 1. The molecule has 4 aromatic rings. The van der Waals surface area contributed by atoms with E-state index in [1.807, 2.05) is 47.4 Å². The van der Waals surface area contributed by atoms with Gasteiger partial charge in [-0.25, -0.2) is 4.39 Å². The number of carbonyl (C=O) groups is 1. The van der Waals surface area contributed by atoms with Gasteiger partial charge in [0.05, 0.1) is 16.7 Å². The van der Waals surface area contributed by atoms with Gasteiger partial charge < -0.3 is 4.90 Å². The van der Waals surface area contributed by atoms with Crippen LogP contribution in [0.1, 0.15) is 59.8 Å². The summed E-state index contributed by atoms with van der Waals surface area (Å²) in [7, 11) is 0. The van der Waals surface area contributed by atoms with Gasteiger partial charge in [0.15, 0.2) is 0 Å². The van der Waals surface area contributed by atoms with Crippen LogP contribution in [0, 0.1) is 23.1 Å². The lowest BCUT2D eigenvalue weighted by molar-refractivity contribution is 0.0590. The third-order valence-electron chi connectivity index (χ3n) is 7.56. The number of amides is 1. The van der Waals surface area contributed by atoms with Gasteiger partial charge >= 0.3 is 0 Å². The summed E-state index contributed by atoms with van der Waals surface area (Å²) in [6.07, 6.45) is 5.09. The monoisotopic (exact) mass is 530 g/mol. The second-order valence-electron chi connectivity index (χ2n) is 9.75. The summed E-state index contributed by atoms with van der Waals surface area (Å²) in [5.41, 5.74) is 2.80. The van der Waals surface area contributed by atoms with E-state index in [4.69, 9.17) is 16.9 Å². The number of hydrogen-bond acceptors (Lipinski definition) is 3. The molecule has 0 aliphatic heterocycles. The van der Waals surface area contributed by atoms with Crippen LogP contribution in [0.4, 0.5) is 4.39 Å². The van der Waals surface area contributed by atoms with Crippen molar-refractivity contribution >= 4 is 38.9 Å². The zero-order chi connectivity index (χ0) is 25.9. The number of hydrogen-bond donors (Lipinski definition) is 0. The third-order valence-corrected chi connectivity index (χ3v) is 9.22. The number of nitriles is 1. The van der Waals surface area contributed by atoms with Crippen LogP contribution in [0.15, 0.2) is 66.7 Å². The predicted molar refractivity (Wildman–Crippen MR) is 149 cm³/mol. The largest absolute Gasteiger partial charge is 0.330 e. The normalized spacial score (nSPS) is 17.5. The van der Waals surface area contributed by atoms with Crippen LogP contribution in [-0.4, -0.2) is 16.8 Å². The maximum absolute atomic E-state index is 15.2. The number of benzene rings is 3. The lowest BCUT2D eigenvalue weighted by Gasteiger charge is -2.37. The highest BCUT2D eigenvalue weighted by atomic mass is 35.5. The second kappa shape index (κ2) is 11.0. The molecule has 0 radical (unpaired) electrons. The molecule has 1 aromatic heterocycles. The average Bonchev–Trinajstić information content (AvgIpc) is 3.29. The van der Waals surface area contributed by atoms with Crippen LogP contribution in [-0.2, 0) is 6.54 Å². The van der Waals surface area contributed by atoms with Gasteiger partial charge in [-0.1, -0.05) is 61.3 Å². The third kappa shape index (κ3) is 5.28. The molecule has 0 saturated heterocycles. The molecule has 3 aromatic carbocycles. The Kier molecular flexibility index (Phi) is 7.60. The molecule has 0 N–H and O–H groups in total. The van der Waals surface area contributed by atoms with Crippen LogP contribution in [0.3, 0.4) is 0 Å². The van der Waals surface area contributed by atoms with Crippen molar-refractivity contribution in [3.05, 3.63) is 93.6 Å². The van der Waals surface area contributed by atoms with Gasteiger partial charge in [0.25, 0.3) is 5.91 Å². The van der Waals surface area contributed by atoms with Crippen LogP contribution < -0.4 is 0 Å². The summed E-state index contributed by atoms with van der Waals surface area (Å²) < 4.78 is 16.1. The van der Waals surface area contributed by atoms with Gasteiger partial charge in [-0.3, -0.25) is 4.79 Å². The van der Waals surface area contributed by atoms with E-state index in [-0.39, 0.29) is 24.3 Å². The van der Waals surface area contributed by atoms with E-state index in [2.05, 4.69) is 13.0 Å². The van der Waals surface area contributed by atoms with Gasteiger partial charge in [-0.2, -0.15) is 5.26 Å². The first kappa shape index (κ1) is 25.4. The molecular formula is C31H28ClFN2OS. The van der Waals surface area contributed by atoms with Crippen molar-refractivity contribution in [2.24, 2.45) is 5.92 Å². The first-order valence-corrected chi connectivity index (χ1v) is 13.9. The molecule has 1 amide bonds. The van der Waals surface area contributed by atoms with Crippen LogP contribution in [0.5, 0.6) is 0 Å². The van der Waals surface area contributed by atoms with E-state index in [9.17, 15) is 4.79 Å². The van der Waals surface area contributed by atoms with Crippen molar-refractivity contribution in [1.82, 2.24) is 4.90 Å². The minimum Gasteiger partial charge on any atom is -0.330 e. The maximum Gasteiger partial charge on any atom is 0.266 e. The molecule has 1 saturated carbocycles. The van der Waals surface area contributed by atoms with Crippen molar-refractivity contribution in [3.8, 4) is 17.2 Å². The molecule has 188 valence electrons. The number of carbonyl (C=O) groups excluding carboxylic acids is 1. The van der Waals surface area contributed by atoms with Gasteiger partial charge in [-0.15, -0.1) is 11.3 Å². The Balaban J connectivity index is 1.50. The summed E-state index contributed by atoms with van der Waals surface area (Å²) in [5, 5.41) is 10.5. The summed E-state index contributed by atoms with van der Waals surface area (Å²) in [4.78, 5) is 16.4. The molecule has 5 rings (SSSR count). The molecule has 0 atom stereocenters. The fourth-order valence-electron chi connectivity index (χ4n) is 5.31. The van der Waals surface area contributed by atoms with Crippen molar-refractivity contribution < 1.29 is 9.18 Å². The molecule has 6 heteroatoms. The van der Waals surface area contributed by atoms with E-state index in [0.717, 1.165) is 53.3 Å². The Hall–Kier alpha value is -3.20. The Labute approximate surface area is 226 Å². The highest BCUT2D eigenvalue weighted by molar-refractivity contribution is 7.21. The van der Waals surface area contributed by atoms with Gasteiger partial charge in [0.1, 0.15) is 10.7 Å². The smallest absolute Gasteiger partial charge is 0.266 e. The number of halogens is 2. The highest BCUT2D eigenvalue weighted by Gasteiger charge is 2.32. The summed E-state index contributed by atoms with van der Waals surface area (Å²) >= 11 is 8.12. The standard InChI is InChI=1S/C31H28ClFN2OS/c1-2-20-9-14-25(15-10-20)35(31(36)30-29(32)26-5-3-4-6-28(26)37-30)19-24-17-23(13-16-27(24)33)22-11-7-21(18-34)8-12-22/h3-8,11-13,16-17,20,25H,2,9-10,14-15,19H2,1H3/t20-,25-. The maximum atomic E-state index is 15.2. The minimum absolute atomic E-state index is 0.0366. The van der Waals surface area contributed by atoms with Crippen molar-refractivity contribution in [2.45, 2.75) is 51.6 Å². The minimum atomic E-state index is -0.333. The van der Waals surface area contributed by atoms with Crippen molar-refractivity contribution in [1.29, 1.82) is 5.26 Å². The Morgan fingerprint density at radius 2 is 1.76 bits per heavy atom. The summed E-state index contributed by atoms with van der Waals surface area (Å²) in [6, 6.07) is 22.2. The molecule has 0 bridgehead atoms. The van der Waals surface area contributed by atoms with E-state index in [1.54, 1.807) is 18.2 Å². The average molecular weight is 531 g/mol. The predicted octanol–water partition coefficient (Wildman–Crippen LogP) is 8.84. The summed E-state index contributed by atoms with van der Waals surface area (Å²) in [5.74, 6) is 0.215. The zero-order valence-corrected chi connectivity index (χ0v) is 22.3. The quantitative estimate of drug-likeness (QED) is 0.250. The number of thiophene rings is 1. The molecule has 0 spiro atoms. The van der Waals surface area contributed by atoms with Gasteiger partial charge in [-0.05, 0) is 73.1 Å². The second-order valence-corrected chi connectivity index (χ2v) is 11.2. The number of nitrogens with zero attached hydrogens (tertiary/aromatic N) is 2. The van der Waals surface area contributed by atoms with E-state index in [0.29, 0.717) is 26.9 Å². The SMILES string of the molecule is CC[C@H]1CC[C@H](N(Cc2cc(-c3ccc(C#N)cc3)ccc2F)C(=O)c2sc3ccccc3c2Cl)CC1. The van der Waals surface area contributed by atoms with Crippen molar-refractivity contribution in [3.63, 3.8) is 0 Å². The zero-order valence-electron chi connectivity index (χ0n) is 20.7. The van der Waals surface area contributed by atoms with Gasteiger partial charge in [0, 0.05) is 28.2 Å². The molecule has 0 unspecified atom stereocenters. The first-order chi connectivity index (χ1) is 18.0. The number of rotatable bonds is 6. The van der Waals surface area contributed by atoms with E-state index >= 15 is 4.39 Å². The van der Waals surface area contributed by atoms with Crippen molar-refractivity contribution in [2.75, 3.05) is 0 Å². The Morgan fingerprint density at radius 3 is 2.43 bits per heavy atom. The molecule has 1 aliphatic rings.